The van der Waals surface area contributed by atoms with Crippen LogP contribution in [0.1, 0.15) is 11.5 Å². The van der Waals surface area contributed by atoms with Crippen molar-refractivity contribution in [2.45, 2.75) is 17.5 Å². The van der Waals surface area contributed by atoms with E-state index >= 15 is 0 Å². The lowest BCUT2D eigenvalue weighted by molar-refractivity contribution is 0.250. The zero-order valence-corrected chi connectivity index (χ0v) is 15.5. The molecule has 2 amide bonds. The smallest absolute Gasteiger partial charge is 0.335 e. The van der Waals surface area contributed by atoms with Crippen LogP contribution in [0.15, 0.2) is 64.2 Å². The minimum absolute atomic E-state index is 0.0205. The average Bonchev–Trinajstić information content (AvgIpc) is 3.13. The Balaban J connectivity index is 1.57. The molecule has 140 valence electrons. The third kappa shape index (κ3) is 5.28. The minimum atomic E-state index is -3.76. The lowest BCUT2D eigenvalue weighted by Crippen LogP contribution is -2.28. The molecule has 0 unspecified atom stereocenters. The predicted octanol–water partition coefficient (Wildman–Crippen LogP) is 3.02. The first-order chi connectivity index (χ1) is 12.9. The Hall–Kier alpha value is -2.91. The Morgan fingerprint density at radius 2 is 1.74 bits per heavy atom. The average molecular weight is 407 g/mol. The normalized spacial score (nSPS) is 11.1. The monoisotopic (exact) mass is 406 g/mol. The Labute approximate surface area is 160 Å². The van der Waals surface area contributed by atoms with E-state index in [4.69, 9.17) is 16.0 Å². The van der Waals surface area contributed by atoms with Gasteiger partial charge in [0.25, 0.3) is 0 Å². The van der Waals surface area contributed by atoms with Gasteiger partial charge in [-0.1, -0.05) is 47.0 Å². The van der Waals surface area contributed by atoms with Gasteiger partial charge in [0.1, 0.15) is 0 Å². The number of halogens is 1. The zero-order valence-electron chi connectivity index (χ0n) is 13.9. The maximum atomic E-state index is 12.3. The maximum Gasteiger partial charge on any atom is 0.335 e. The fraction of sp³-hybridized carbons (Fsp3) is 0.118. The fourth-order valence-corrected chi connectivity index (χ4v) is 3.42. The Morgan fingerprint density at radius 3 is 2.44 bits per heavy atom. The second-order valence-electron chi connectivity index (χ2n) is 5.52. The molecule has 0 atom stereocenters. The summed E-state index contributed by atoms with van der Waals surface area (Å²) in [6, 6.07) is 14.7. The van der Waals surface area contributed by atoms with Gasteiger partial charge in [-0.25, -0.2) is 13.2 Å². The van der Waals surface area contributed by atoms with Crippen molar-refractivity contribution in [2.24, 2.45) is 0 Å². The summed E-state index contributed by atoms with van der Waals surface area (Å²) in [6.07, 6.45) is 0. The number of amides is 2. The molecular weight excluding hydrogens is 392 g/mol. The van der Waals surface area contributed by atoms with Crippen molar-refractivity contribution in [1.82, 2.24) is 15.5 Å². The van der Waals surface area contributed by atoms with Crippen molar-refractivity contribution in [1.29, 1.82) is 0 Å². The fourth-order valence-electron chi connectivity index (χ4n) is 2.16. The number of hydrogen-bond donors (Lipinski definition) is 2. The third-order valence-corrected chi connectivity index (χ3v) is 5.08. The van der Waals surface area contributed by atoms with E-state index in [0.717, 1.165) is 0 Å². The van der Waals surface area contributed by atoms with Gasteiger partial charge in [0, 0.05) is 10.7 Å². The van der Waals surface area contributed by atoms with E-state index in [-0.39, 0.29) is 18.2 Å². The number of hydrogen-bond acceptors (Lipinski definition) is 6. The largest absolute Gasteiger partial charge is 0.411 e. The summed E-state index contributed by atoms with van der Waals surface area (Å²) in [7, 11) is -3.76. The van der Waals surface area contributed by atoms with Crippen LogP contribution in [0.5, 0.6) is 0 Å². The van der Waals surface area contributed by atoms with Crippen molar-refractivity contribution in [3.8, 4) is 0 Å². The summed E-state index contributed by atoms with van der Waals surface area (Å²) in [4.78, 5) is 11.9. The molecule has 0 radical (unpaired) electrons. The molecule has 1 heterocycles. The summed E-state index contributed by atoms with van der Waals surface area (Å²) in [6.45, 7) is -0.118. The minimum Gasteiger partial charge on any atom is -0.411 e. The van der Waals surface area contributed by atoms with Gasteiger partial charge in [0.05, 0.1) is 12.3 Å². The molecule has 0 fully saturated rings. The molecule has 2 N–H and O–H groups in total. The molecule has 0 aliphatic carbocycles. The van der Waals surface area contributed by atoms with Crippen LogP contribution in [-0.4, -0.2) is 24.6 Å². The number of benzene rings is 2. The van der Waals surface area contributed by atoms with Gasteiger partial charge in [0.15, 0.2) is 0 Å². The topological polar surface area (TPSA) is 114 Å². The first-order valence-corrected chi connectivity index (χ1v) is 9.85. The van der Waals surface area contributed by atoms with Gasteiger partial charge < -0.3 is 15.1 Å². The number of anilines is 1. The molecule has 0 bridgehead atoms. The Morgan fingerprint density at radius 1 is 1.04 bits per heavy atom. The van der Waals surface area contributed by atoms with Gasteiger partial charge in [-0.2, -0.15) is 0 Å². The molecule has 0 spiro atoms. The summed E-state index contributed by atoms with van der Waals surface area (Å²) in [5, 5.41) is 12.4. The first kappa shape index (κ1) is 18.9. The van der Waals surface area contributed by atoms with E-state index in [9.17, 15) is 13.2 Å². The SMILES string of the molecule is O=C(NCc1nnc(S(=O)(=O)Cc2ccccc2)o1)Nc1ccc(Cl)cc1. The highest BCUT2D eigenvalue weighted by atomic mass is 35.5. The second-order valence-corrected chi connectivity index (χ2v) is 7.82. The summed E-state index contributed by atoms with van der Waals surface area (Å²) in [5.41, 5.74) is 1.16. The number of nitrogens with zero attached hydrogens (tertiary/aromatic N) is 2. The maximum absolute atomic E-state index is 12.3. The molecule has 10 heteroatoms. The van der Waals surface area contributed by atoms with Crippen molar-refractivity contribution < 1.29 is 17.6 Å². The van der Waals surface area contributed by atoms with E-state index in [1.54, 1.807) is 54.6 Å². The van der Waals surface area contributed by atoms with Crippen molar-refractivity contribution >= 4 is 33.2 Å². The molecule has 0 aliphatic heterocycles. The molecule has 27 heavy (non-hydrogen) atoms. The van der Waals surface area contributed by atoms with E-state index in [1.165, 1.54) is 0 Å². The van der Waals surface area contributed by atoms with Crippen LogP contribution in [0.3, 0.4) is 0 Å². The van der Waals surface area contributed by atoms with E-state index in [1.807, 2.05) is 0 Å². The highest BCUT2D eigenvalue weighted by Gasteiger charge is 2.23. The number of carbonyl (C=O) groups excluding carboxylic acids is 1. The van der Waals surface area contributed by atoms with Crippen LogP contribution in [0, 0.1) is 0 Å². The molecular formula is C17H15ClN4O4S. The lowest BCUT2D eigenvalue weighted by Gasteiger charge is -2.05. The number of carbonyl (C=O) groups is 1. The second kappa shape index (κ2) is 8.19. The summed E-state index contributed by atoms with van der Waals surface area (Å²) >= 11 is 5.77. The molecule has 3 aromatic rings. The van der Waals surface area contributed by atoms with E-state index in [0.29, 0.717) is 16.3 Å². The number of urea groups is 1. The number of rotatable bonds is 6. The van der Waals surface area contributed by atoms with Crippen molar-refractivity contribution in [3.05, 3.63) is 71.1 Å². The van der Waals surface area contributed by atoms with E-state index in [2.05, 4.69) is 20.8 Å². The first-order valence-electron chi connectivity index (χ1n) is 7.82. The van der Waals surface area contributed by atoms with Crippen LogP contribution in [0.25, 0.3) is 0 Å². The molecule has 2 aromatic carbocycles. The molecule has 0 saturated heterocycles. The molecule has 0 aliphatic rings. The Kier molecular flexibility index (Phi) is 5.72. The van der Waals surface area contributed by atoms with Crippen LogP contribution in [0.2, 0.25) is 5.02 Å². The van der Waals surface area contributed by atoms with E-state index < -0.39 is 21.1 Å². The molecule has 0 saturated carbocycles. The number of sulfone groups is 1. The van der Waals surface area contributed by atoms with Crippen LogP contribution in [-0.2, 0) is 22.1 Å². The number of aromatic nitrogens is 2. The van der Waals surface area contributed by atoms with Gasteiger partial charge in [-0.15, -0.1) is 5.10 Å². The molecule has 1 aromatic heterocycles. The van der Waals surface area contributed by atoms with Gasteiger partial charge in [0.2, 0.25) is 15.7 Å². The molecule has 3 rings (SSSR count). The zero-order chi connectivity index (χ0) is 19.3. The van der Waals surface area contributed by atoms with Crippen LogP contribution < -0.4 is 10.6 Å². The van der Waals surface area contributed by atoms with Crippen LogP contribution in [0.4, 0.5) is 10.5 Å². The summed E-state index contributed by atoms with van der Waals surface area (Å²) in [5.74, 6) is -0.271. The van der Waals surface area contributed by atoms with Crippen LogP contribution >= 0.6 is 11.6 Å². The lowest BCUT2D eigenvalue weighted by atomic mass is 10.2. The highest BCUT2D eigenvalue weighted by Crippen LogP contribution is 2.15. The predicted molar refractivity (Wildman–Crippen MR) is 98.9 cm³/mol. The highest BCUT2D eigenvalue weighted by molar-refractivity contribution is 7.90. The Bertz CT molecular complexity index is 1020. The summed E-state index contributed by atoms with van der Waals surface area (Å²) < 4.78 is 29.8. The van der Waals surface area contributed by atoms with Crippen molar-refractivity contribution in [3.63, 3.8) is 0 Å². The van der Waals surface area contributed by atoms with Gasteiger partial charge >= 0.3 is 11.3 Å². The quantitative estimate of drug-likeness (QED) is 0.650. The third-order valence-electron chi connectivity index (χ3n) is 3.42. The van der Waals surface area contributed by atoms with Gasteiger partial charge in [-0.05, 0) is 29.8 Å². The molecule has 8 nitrogen and oxygen atoms in total. The standard InChI is InChI=1S/C17H15ClN4O4S/c18-13-6-8-14(9-7-13)20-16(23)19-10-15-21-22-17(26-15)27(24,25)11-12-4-2-1-3-5-12/h1-9H,10-11H2,(H2,19,20,23). The van der Waals surface area contributed by atoms with Crippen molar-refractivity contribution in [2.75, 3.05) is 5.32 Å². The van der Waals surface area contributed by atoms with Gasteiger partial charge in [-0.3, -0.25) is 0 Å². The number of nitrogens with one attached hydrogen (secondary N) is 2.